The topological polar surface area (TPSA) is 67.4 Å². The van der Waals surface area contributed by atoms with E-state index in [9.17, 15) is 9.59 Å². The molecule has 6 heteroatoms. The monoisotopic (exact) mass is 234 g/mol. The van der Waals surface area contributed by atoms with Crippen LogP contribution in [0.5, 0.6) is 0 Å². The normalized spacial score (nSPS) is 17.1. The van der Waals surface area contributed by atoms with Crippen molar-refractivity contribution in [2.24, 2.45) is 5.92 Å². The van der Waals surface area contributed by atoms with Gasteiger partial charge in [0, 0.05) is 19.8 Å². The van der Waals surface area contributed by atoms with Crippen molar-refractivity contribution in [3.8, 4) is 0 Å². The molecule has 0 spiro atoms. The van der Waals surface area contributed by atoms with Gasteiger partial charge < -0.3 is 10.1 Å². The number of halogens is 1. The summed E-state index contributed by atoms with van der Waals surface area (Å²) in [7, 11) is 0. The summed E-state index contributed by atoms with van der Waals surface area (Å²) in [6.07, 6.45) is 1.90. The fraction of sp³-hybridized carbons (Fsp3) is 0.778. The Morgan fingerprint density at radius 1 is 1.33 bits per heavy atom. The maximum absolute atomic E-state index is 11.1. The van der Waals surface area contributed by atoms with Crippen LogP contribution in [0.15, 0.2) is 0 Å². The van der Waals surface area contributed by atoms with Gasteiger partial charge in [0.25, 0.3) is 0 Å². The molecule has 0 aliphatic carbocycles. The van der Waals surface area contributed by atoms with E-state index in [0.29, 0.717) is 12.5 Å². The highest BCUT2D eigenvalue weighted by Gasteiger charge is 2.15. The summed E-state index contributed by atoms with van der Waals surface area (Å²) in [5.74, 6) is -0.248. The molecule has 1 aliphatic heterocycles. The van der Waals surface area contributed by atoms with E-state index < -0.39 is 11.9 Å². The molecule has 1 fully saturated rings. The molecule has 0 unspecified atom stereocenters. The van der Waals surface area contributed by atoms with Crippen molar-refractivity contribution < 1.29 is 14.3 Å². The van der Waals surface area contributed by atoms with Crippen LogP contribution in [0.4, 0.5) is 4.79 Å². The lowest BCUT2D eigenvalue weighted by Gasteiger charge is -2.21. The van der Waals surface area contributed by atoms with Gasteiger partial charge >= 0.3 is 6.03 Å². The predicted octanol–water partition coefficient (Wildman–Crippen LogP) is 0.478. The van der Waals surface area contributed by atoms with Gasteiger partial charge in [-0.15, -0.1) is 11.6 Å². The van der Waals surface area contributed by atoms with Gasteiger partial charge in [-0.25, -0.2) is 4.79 Å². The lowest BCUT2D eigenvalue weighted by molar-refractivity contribution is -0.117. The maximum atomic E-state index is 11.1. The van der Waals surface area contributed by atoms with Crippen molar-refractivity contribution in [2.45, 2.75) is 12.8 Å². The van der Waals surface area contributed by atoms with Crippen molar-refractivity contribution in [3.05, 3.63) is 0 Å². The van der Waals surface area contributed by atoms with Crippen LogP contribution < -0.4 is 10.6 Å². The van der Waals surface area contributed by atoms with Crippen LogP contribution in [0.25, 0.3) is 0 Å². The number of rotatable bonds is 3. The molecule has 3 amide bonds. The summed E-state index contributed by atoms with van der Waals surface area (Å²) in [6.45, 7) is 2.06. The molecular weight excluding hydrogens is 220 g/mol. The Bertz CT molecular complexity index is 229. The van der Waals surface area contributed by atoms with E-state index in [0.717, 1.165) is 26.1 Å². The number of ether oxygens (including phenoxy) is 1. The first-order valence-corrected chi connectivity index (χ1v) is 5.47. The molecule has 86 valence electrons. The molecule has 0 aromatic rings. The standard InChI is InChI=1S/C9H15ClN2O3/c10-5-8(13)12-9(14)11-6-7-1-3-15-4-2-7/h7H,1-6H2,(H2,11,12,13,14). The fourth-order valence-corrected chi connectivity index (χ4v) is 1.46. The molecule has 2 N–H and O–H groups in total. The summed E-state index contributed by atoms with van der Waals surface area (Å²) >= 11 is 5.24. The second kappa shape index (κ2) is 6.63. The van der Waals surface area contributed by atoms with Crippen LogP contribution in [0, 0.1) is 5.92 Å². The molecule has 0 aromatic carbocycles. The fourth-order valence-electron chi connectivity index (χ4n) is 1.39. The molecule has 0 saturated carbocycles. The van der Waals surface area contributed by atoms with Crippen LogP contribution in [-0.4, -0.2) is 37.6 Å². The zero-order valence-corrected chi connectivity index (χ0v) is 9.18. The Morgan fingerprint density at radius 3 is 2.60 bits per heavy atom. The molecule has 0 aromatic heterocycles. The first-order chi connectivity index (χ1) is 7.22. The van der Waals surface area contributed by atoms with Crippen LogP contribution in [0.3, 0.4) is 0 Å². The number of carbonyl (C=O) groups is 2. The van der Waals surface area contributed by atoms with Gasteiger partial charge in [0.1, 0.15) is 5.88 Å². The predicted molar refractivity (Wildman–Crippen MR) is 55.8 cm³/mol. The lowest BCUT2D eigenvalue weighted by Crippen LogP contribution is -2.42. The van der Waals surface area contributed by atoms with Gasteiger partial charge in [0.15, 0.2) is 0 Å². The van der Waals surface area contributed by atoms with E-state index in [1.54, 1.807) is 0 Å². The number of amides is 3. The van der Waals surface area contributed by atoms with E-state index in [1.165, 1.54) is 0 Å². The quantitative estimate of drug-likeness (QED) is 0.698. The van der Waals surface area contributed by atoms with Crippen LogP contribution in [0.1, 0.15) is 12.8 Å². The van der Waals surface area contributed by atoms with Crippen LogP contribution in [0.2, 0.25) is 0 Å². The van der Waals surface area contributed by atoms with E-state index in [1.807, 2.05) is 0 Å². The average molecular weight is 235 g/mol. The van der Waals surface area contributed by atoms with Crippen LogP contribution >= 0.6 is 11.6 Å². The third kappa shape index (κ3) is 4.99. The van der Waals surface area contributed by atoms with E-state index in [-0.39, 0.29) is 5.88 Å². The second-order valence-corrected chi connectivity index (χ2v) is 3.71. The minimum Gasteiger partial charge on any atom is -0.381 e. The van der Waals surface area contributed by atoms with Gasteiger partial charge in [-0.3, -0.25) is 10.1 Å². The zero-order valence-electron chi connectivity index (χ0n) is 8.42. The highest BCUT2D eigenvalue weighted by molar-refractivity contribution is 6.28. The average Bonchev–Trinajstić information content (AvgIpc) is 2.27. The lowest BCUT2D eigenvalue weighted by atomic mass is 10.0. The first-order valence-electron chi connectivity index (χ1n) is 4.93. The molecule has 15 heavy (non-hydrogen) atoms. The summed E-state index contributed by atoms with van der Waals surface area (Å²) in [4.78, 5) is 21.9. The molecule has 1 rings (SSSR count). The Kier molecular flexibility index (Phi) is 5.42. The van der Waals surface area contributed by atoms with Gasteiger partial charge in [-0.05, 0) is 18.8 Å². The molecule has 1 aliphatic rings. The Hall–Kier alpha value is -0.810. The van der Waals surface area contributed by atoms with Gasteiger partial charge in [0.05, 0.1) is 0 Å². The highest BCUT2D eigenvalue weighted by Crippen LogP contribution is 2.12. The summed E-state index contributed by atoms with van der Waals surface area (Å²) in [5, 5.41) is 4.75. The summed E-state index contributed by atoms with van der Waals surface area (Å²) in [6, 6.07) is -0.479. The van der Waals surface area contributed by atoms with Gasteiger partial charge in [-0.1, -0.05) is 0 Å². The third-order valence-electron chi connectivity index (χ3n) is 2.27. The number of carbonyl (C=O) groups excluding carboxylic acids is 2. The van der Waals surface area contributed by atoms with Crippen molar-refractivity contribution in [1.82, 2.24) is 10.6 Å². The van der Waals surface area contributed by atoms with Gasteiger partial charge in [-0.2, -0.15) is 0 Å². The van der Waals surface area contributed by atoms with Crippen LogP contribution in [-0.2, 0) is 9.53 Å². The molecule has 5 nitrogen and oxygen atoms in total. The van der Waals surface area contributed by atoms with Gasteiger partial charge in [0.2, 0.25) is 5.91 Å². The molecular formula is C9H15ClN2O3. The SMILES string of the molecule is O=C(CCl)NC(=O)NCC1CCOCC1. The number of urea groups is 1. The number of imide groups is 1. The van der Waals surface area contributed by atoms with Crippen molar-refractivity contribution in [1.29, 1.82) is 0 Å². The number of alkyl halides is 1. The molecule has 1 heterocycles. The van der Waals surface area contributed by atoms with Crippen molar-refractivity contribution >= 4 is 23.5 Å². The Labute approximate surface area is 93.5 Å². The summed E-state index contributed by atoms with van der Waals surface area (Å²) < 4.78 is 5.19. The minimum atomic E-state index is -0.485. The number of hydrogen-bond donors (Lipinski definition) is 2. The van der Waals surface area contributed by atoms with E-state index in [4.69, 9.17) is 16.3 Å². The molecule has 0 bridgehead atoms. The molecule has 0 atom stereocenters. The van der Waals surface area contributed by atoms with Crippen molar-refractivity contribution in [3.63, 3.8) is 0 Å². The highest BCUT2D eigenvalue weighted by atomic mass is 35.5. The molecule has 0 radical (unpaired) electrons. The number of nitrogens with one attached hydrogen (secondary N) is 2. The zero-order chi connectivity index (χ0) is 11.1. The first kappa shape index (κ1) is 12.3. The Morgan fingerprint density at radius 2 is 2.00 bits per heavy atom. The second-order valence-electron chi connectivity index (χ2n) is 3.45. The minimum absolute atomic E-state index is 0.204. The largest absolute Gasteiger partial charge is 0.381 e. The van der Waals surface area contributed by atoms with E-state index >= 15 is 0 Å². The van der Waals surface area contributed by atoms with E-state index in [2.05, 4.69) is 10.6 Å². The summed E-state index contributed by atoms with van der Waals surface area (Å²) in [5.41, 5.74) is 0. The van der Waals surface area contributed by atoms with Crippen molar-refractivity contribution in [2.75, 3.05) is 25.6 Å². The Balaban J connectivity index is 2.12. The maximum Gasteiger partial charge on any atom is 0.321 e. The third-order valence-corrected chi connectivity index (χ3v) is 2.51. The molecule has 1 saturated heterocycles. The smallest absolute Gasteiger partial charge is 0.321 e. The number of hydrogen-bond acceptors (Lipinski definition) is 3.